The van der Waals surface area contributed by atoms with Gasteiger partial charge in [-0.15, -0.1) is 0 Å². The fourth-order valence-electron chi connectivity index (χ4n) is 1.19. The second kappa shape index (κ2) is 13.9. The van der Waals surface area contributed by atoms with Gasteiger partial charge in [-0.05, 0) is 5.92 Å². The first-order valence-electron chi connectivity index (χ1n) is 5.18. The molecule has 2 heteroatoms. The molecule has 0 atom stereocenters. The van der Waals surface area contributed by atoms with Crippen LogP contribution in [0.15, 0.2) is 0 Å². The predicted octanol–water partition coefficient (Wildman–Crippen LogP) is 3.73. The van der Waals surface area contributed by atoms with E-state index in [0.29, 0.717) is 0 Å². The van der Waals surface area contributed by atoms with Gasteiger partial charge in [-0.25, -0.2) is 0 Å². The predicted molar refractivity (Wildman–Crippen MR) is 56.2 cm³/mol. The third-order valence-corrected chi connectivity index (χ3v) is 2.21. The van der Waals surface area contributed by atoms with Crippen LogP contribution in [0, 0.1) is 17.4 Å². The molecule has 0 aliphatic rings. The van der Waals surface area contributed by atoms with Crippen molar-refractivity contribution in [1.82, 2.24) is 0 Å². The summed E-state index contributed by atoms with van der Waals surface area (Å²) in [6.07, 6.45) is 8.40. The fourth-order valence-corrected chi connectivity index (χ4v) is 1.19. The Bertz CT molecular complexity index is 114. The number of methoxy groups -OCH3 is 1. The molecule has 0 spiro atoms. The molecule has 2 nitrogen and oxygen atoms in total. The smallest absolute Gasteiger partial charge is 0.286 e. The lowest BCUT2D eigenvalue weighted by Gasteiger charge is -2.09. The molecule has 78 valence electrons. The molecular weight excluding hydrogens is 162 g/mol. The van der Waals surface area contributed by atoms with E-state index >= 15 is 0 Å². The first kappa shape index (κ1) is 14.8. The highest BCUT2D eigenvalue weighted by atomic mass is 16.5. The Kier molecular flexibility index (Phi) is 15.8. The van der Waals surface area contributed by atoms with Crippen molar-refractivity contribution in [3.63, 3.8) is 0 Å². The van der Waals surface area contributed by atoms with Crippen LogP contribution in [0.2, 0.25) is 0 Å². The lowest BCUT2D eigenvalue weighted by molar-refractivity contribution is 0.362. The zero-order valence-electron chi connectivity index (χ0n) is 9.47. The lowest BCUT2D eigenvalue weighted by atomic mass is 9.97. The summed E-state index contributed by atoms with van der Waals surface area (Å²) in [5.41, 5.74) is 0. The number of nitrogens with zero attached hydrogens (tertiary/aromatic N) is 1. The van der Waals surface area contributed by atoms with Gasteiger partial charge in [0.05, 0.1) is 7.11 Å². The zero-order chi connectivity index (χ0) is 10.5. The Hall–Kier alpha value is -0.710. The average Bonchev–Trinajstić information content (AvgIpc) is 2.20. The molecule has 0 aromatic carbocycles. The summed E-state index contributed by atoms with van der Waals surface area (Å²) in [6, 6.07) is 0. The van der Waals surface area contributed by atoms with E-state index in [-0.39, 0.29) is 0 Å². The highest BCUT2D eigenvalue weighted by Crippen LogP contribution is 2.15. The summed E-state index contributed by atoms with van der Waals surface area (Å²) in [4.78, 5) is 0. The van der Waals surface area contributed by atoms with Gasteiger partial charge in [0.1, 0.15) is 0 Å². The van der Waals surface area contributed by atoms with E-state index in [9.17, 15) is 0 Å². The van der Waals surface area contributed by atoms with Crippen LogP contribution in [0.4, 0.5) is 0 Å². The van der Waals surface area contributed by atoms with Crippen LogP contribution in [-0.2, 0) is 4.74 Å². The Labute approximate surface area is 82.9 Å². The lowest BCUT2D eigenvalue weighted by Crippen LogP contribution is -1.95. The van der Waals surface area contributed by atoms with Crippen molar-refractivity contribution in [3.8, 4) is 6.26 Å². The average molecular weight is 185 g/mol. The van der Waals surface area contributed by atoms with Gasteiger partial charge in [0.2, 0.25) is 0 Å². The van der Waals surface area contributed by atoms with Gasteiger partial charge in [-0.1, -0.05) is 52.9 Å². The minimum Gasteiger partial charge on any atom is -0.431 e. The summed E-state index contributed by atoms with van der Waals surface area (Å²) in [5, 5.41) is 7.40. The Balaban J connectivity index is 0. The van der Waals surface area contributed by atoms with Gasteiger partial charge in [0.15, 0.2) is 0 Å². The Morgan fingerprint density at radius 2 is 1.69 bits per heavy atom. The maximum absolute atomic E-state index is 7.40. The molecule has 0 amide bonds. The summed E-state index contributed by atoms with van der Waals surface area (Å²) >= 11 is 0. The van der Waals surface area contributed by atoms with E-state index in [1.165, 1.54) is 45.5 Å². The number of hydrogen-bond acceptors (Lipinski definition) is 2. The number of hydrogen-bond donors (Lipinski definition) is 0. The van der Waals surface area contributed by atoms with Gasteiger partial charge in [0.25, 0.3) is 6.26 Å². The highest BCUT2D eigenvalue weighted by molar-refractivity contribution is 4.53. The zero-order valence-corrected chi connectivity index (χ0v) is 9.47. The maximum atomic E-state index is 7.40. The summed E-state index contributed by atoms with van der Waals surface area (Å²) < 4.78 is 3.85. The second-order valence-electron chi connectivity index (χ2n) is 3.12. The topological polar surface area (TPSA) is 33.0 Å². The van der Waals surface area contributed by atoms with Crippen LogP contribution in [-0.4, -0.2) is 7.11 Å². The molecule has 0 aliphatic heterocycles. The molecule has 0 aliphatic carbocycles. The molecule has 0 fully saturated rings. The van der Waals surface area contributed by atoms with Crippen LogP contribution in [0.5, 0.6) is 0 Å². The van der Waals surface area contributed by atoms with Gasteiger partial charge in [-0.2, -0.15) is 5.26 Å². The minimum absolute atomic E-state index is 1.00. The van der Waals surface area contributed by atoms with Crippen molar-refractivity contribution in [2.45, 2.75) is 52.9 Å². The third kappa shape index (κ3) is 14.2. The van der Waals surface area contributed by atoms with Crippen molar-refractivity contribution in [2.75, 3.05) is 7.11 Å². The van der Waals surface area contributed by atoms with Gasteiger partial charge >= 0.3 is 0 Å². The van der Waals surface area contributed by atoms with E-state index < -0.39 is 0 Å². The van der Waals surface area contributed by atoms with E-state index in [1.54, 1.807) is 0 Å². The number of ether oxygens (including phenoxy) is 1. The van der Waals surface area contributed by atoms with Crippen molar-refractivity contribution in [1.29, 1.82) is 5.26 Å². The van der Waals surface area contributed by atoms with E-state index in [1.807, 2.05) is 0 Å². The molecule has 0 aromatic heterocycles. The third-order valence-electron chi connectivity index (χ3n) is 2.21. The monoisotopic (exact) mass is 185 g/mol. The first-order valence-corrected chi connectivity index (χ1v) is 5.18. The molecule has 13 heavy (non-hydrogen) atoms. The number of nitriles is 1. The molecule has 0 saturated heterocycles. The van der Waals surface area contributed by atoms with Crippen LogP contribution in [0.25, 0.3) is 0 Å². The SMILES string of the molecule is CCCCC(CC)CC.COC#N. The van der Waals surface area contributed by atoms with E-state index in [2.05, 4.69) is 25.5 Å². The van der Waals surface area contributed by atoms with Gasteiger partial charge < -0.3 is 4.74 Å². The van der Waals surface area contributed by atoms with Crippen molar-refractivity contribution < 1.29 is 4.74 Å². The van der Waals surface area contributed by atoms with Crippen LogP contribution < -0.4 is 0 Å². The van der Waals surface area contributed by atoms with E-state index in [0.717, 1.165) is 5.92 Å². The molecule has 0 aromatic rings. The van der Waals surface area contributed by atoms with E-state index in [4.69, 9.17) is 5.26 Å². The quantitative estimate of drug-likeness (QED) is 0.611. The fraction of sp³-hybridized carbons (Fsp3) is 0.909. The normalized spacial score (nSPS) is 8.62. The van der Waals surface area contributed by atoms with Crippen LogP contribution in [0.1, 0.15) is 52.9 Å². The Morgan fingerprint density at radius 3 is 1.92 bits per heavy atom. The summed E-state index contributed by atoms with van der Waals surface area (Å²) in [5.74, 6) is 1.00. The standard InChI is InChI=1S/C9H20.C2H3NO/c1-4-7-8-9(5-2)6-3;1-4-2-3/h9H,4-8H2,1-3H3;1H3. The molecular formula is C11H23NO. The second-order valence-corrected chi connectivity index (χ2v) is 3.12. The molecule has 0 saturated carbocycles. The molecule has 0 rings (SSSR count). The van der Waals surface area contributed by atoms with Crippen molar-refractivity contribution in [2.24, 2.45) is 5.92 Å². The van der Waals surface area contributed by atoms with Gasteiger partial charge in [0, 0.05) is 0 Å². The first-order chi connectivity index (χ1) is 6.26. The van der Waals surface area contributed by atoms with Crippen LogP contribution >= 0.6 is 0 Å². The summed E-state index contributed by atoms with van der Waals surface area (Å²) in [7, 11) is 1.32. The minimum atomic E-state index is 1.00. The van der Waals surface area contributed by atoms with Crippen molar-refractivity contribution >= 4 is 0 Å². The molecule has 0 heterocycles. The number of rotatable bonds is 5. The molecule has 0 radical (unpaired) electrons. The molecule has 0 bridgehead atoms. The van der Waals surface area contributed by atoms with Gasteiger partial charge in [-0.3, -0.25) is 0 Å². The van der Waals surface area contributed by atoms with Crippen LogP contribution in [0.3, 0.4) is 0 Å². The highest BCUT2D eigenvalue weighted by Gasteiger charge is 2.00. The largest absolute Gasteiger partial charge is 0.431 e. The Morgan fingerprint density at radius 1 is 1.23 bits per heavy atom. The van der Waals surface area contributed by atoms with Crippen molar-refractivity contribution in [3.05, 3.63) is 0 Å². The summed E-state index contributed by atoms with van der Waals surface area (Å²) in [6.45, 7) is 6.86. The molecule has 0 unspecified atom stereocenters. The number of unbranched alkanes of at least 4 members (excludes halogenated alkanes) is 1. The molecule has 0 N–H and O–H groups in total. The maximum Gasteiger partial charge on any atom is 0.286 e.